The first-order chi connectivity index (χ1) is 9.79. The Morgan fingerprint density at radius 1 is 1.25 bits per heavy atom. The van der Waals surface area contributed by atoms with Gasteiger partial charge in [-0.15, -0.1) is 0 Å². The molecular weight excluding hydrogens is 340 g/mol. The molecule has 0 aliphatic carbocycles. The van der Waals surface area contributed by atoms with Gasteiger partial charge in [0.15, 0.2) is 5.13 Å². The molecule has 1 heterocycles. The van der Waals surface area contributed by atoms with Gasteiger partial charge < -0.3 is 14.8 Å². The Morgan fingerprint density at radius 2 is 2.15 bits per heavy atom. The number of hydrogen-bond donors (Lipinski definition) is 1. The predicted octanol–water partition coefficient (Wildman–Crippen LogP) is 3.91. The predicted molar refractivity (Wildman–Crippen MR) is 87.7 cm³/mol. The first-order valence-electron chi connectivity index (χ1n) is 6.66. The maximum Gasteiger partial charge on any atom is 0.183 e. The molecule has 110 valence electrons. The van der Waals surface area contributed by atoms with E-state index in [4.69, 9.17) is 9.47 Å². The number of aromatic nitrogens is 1. The van der Waals surface area contributed by atoms with Crippen LogP contribution in [0.25, 0.3) is 10.2 Å². The molecule has 0 saturated heterocycles. The fraction of sp³-hybridized carbons (Fsp3) is 0.500. The number of fused-ring (bicyclic) bond motifs is 1. The molecule has 0 aliphatic heterocycles. The van der Waals surface area contributed by atoms with Crippen LogP contribution < -0.4 is 5.32 Å². The molecule has 4 nitrogen and oxygen atoms in total. The van der Waals surface area contributed by atoms with Gasteiger partial charge in [-0.05, 0) is 31.0 Å². The third-order valence-corrected chi connectivity index (χ3v) is 4.24. The van der Waals surface area contributed by atoms with E-state index in [9.17, 15) is 0 Å². The minimum atomic E-state index is 0.666. The zero-order valence-electron chi connectivity index (χ0n) is 11.5. The summed E-state index contributed by atoms with van der Waals surface area (Å²) < 4.78 is 12.6. The van der Waals surface area contributed by atoms with Gasteiger partial charge in [0, 0.05) is 24.7 Å². The van der Waals surface area contributed by atoms with Gasteiger partial charge in [0.2, 0.25) is 0 Å². The second kappa shape index (κ2) is 8.56. The Hall–Kier alpha value is -0.690. The second-order valence-electron chi connectivity index (χ2n) is 4.37. The van der Waals surface area contributed by atoms with Crippen LogP contribution >= 0.6 is 27.3 Å². The summed E-state index contributed by atoms with van der Waals surface area (Å²) in [4.78, 5) is 4.55. The highest BCUT2D eigenvalue weighted by atomic mass is 79.9. The molecule has 1 aromatic heterocycles. The standard InChI is InChI=1S/C14H19BrN2O2S/c1-18-8-9-19-7-3-2-6-16-14-17-12-5-4-11(15)10-13(12)20-14/h4-5,10H,2-3,6-9H2,1H3,(H,16,17). The summed E-state index contributed by atoms with van der Waals surface area (Å²) in [5.74, 6) is 0. The molecule has 0 spiro atoms. The van der Waals surface area contributed by atoms with Gasteiger partial charge in [0.05, 0.1) is 23.4 Å². The van der Waals surface area contributed by atoms with Gasteiger partial charge in [-0.25, -0.2) is 4.98 Å². The summed E-state index contributed by atoms with van der Waals surface area (Å²) in [6, 6.07) is 6.15. The first kappa shape index (κ1) is 15.7. The van der Waals surface area contributed by atoms with Crippen molar-refractivity contribution in [2.24, 2.45) is 0 Å². The number of thiazole rings is 1. The monoisotopic (exact) mass is 358 g/mol. The molecule has 2 aromatic rings. The number of anilines is 1. The molecule has 1 N–H and O–H groups in total. The Bertz CT molecular complexity index is 533. The Kier molecular flexibility index (Phi) is 6.72. The SMILES string of the molecule is COCCOCCCCNc1nc2ccc(Br)cc2s1. The lowest BCUT2D eigenvalue weighted by molar-refractivity contribution is 0.0691. The number of methoxy groups -OCH3 is 1. The van der Waals surface area contributed by atoms with Crippen molar-refractivity contribution < 1.29 is 9.47 Å². The zero-order valence-corrected chi connectivity index (χ0v) is 13.9. The molecule has 6 heteroatoms. The number of ether oxygens (including phenoxy) is 2. The highest BCUT2D eigenvalue weighted by Gasteiger charge is 2.03. The van der Waals surface area contributed by atoms with Gasteiger partial charge in [-0.2, -0.15) is 0 Å². The van der Waals surface area contributed by atoms with Crippen molar-refractivity contribution in [1.82, 2.24) is 4.98 Å². The summed E-state index contributed by atoms with van der Waals surface area (Å²) >= 11 is 5.16. The average Bonchev–Trinajstić information content (AvgIpc) is 2.83. The van der Waals surface area contributed by atoms with Crippen molar-refractivity contribution in [3.63, 3.8) is 0 Å². The van der Waals surface area contributed by atoms with Crippen LogP contribution in [-0.2, 0) is 9.47 Å². The lowest BCUT2D eigenvalue weighted by Crippen LogP contribution is -2.06. The van der Waals surface area contributed by atoms with Gasteiger partial charge in [0.25, 0.3) is 0 Å². The molecule has 0 fully saturated rings. The van der Waals surface area contributed by atoms with Gasteiger partial charge in [0.1, 0.15) is 0 Å². The van der Waals surface area contributed by atoms with E-state index in [1.807, 2.05) is 12.1 Å². The lowest BCUT2D eigenvalue weighted by Gasteiger charge is -2.04. The van der Waals surface area contributed by atoms with Crippen LogP contribution in [0.5, 0.6) is 0 Å². The Morgan fingerprint density at radius 3 is 3.00 bits per heavy atom. The molecule has 1 aromatic carbocycles. The van der Waals surface area contributed by atoms with Crippen molar-refractivity contribution in [3.8, 4) is 0 Å². The number of nitrogens with one attached hydrogen (secondary N) is 1. The second-order valence-corrected chi connectivity index (χ2v) is 6.32. The van der Waals surface area contributed by atoms with Crippen molar-refractivity contribution in [2.45, 2.75) is 12.8 Å². The summed E-state index contributed by atoms with van der Waals surface area (Å²) in [5.41, 5.74) is 1.04. The van der Waals surface area contributed by atoms with E-state index in [2.05, 4.69) is 32.3 Å². The van der Waals surface area contributed by atoms with E-state index < -0.39 is 0 Å². The number of halogens is 1. The molecule has 0 saturated carbocycles. The normalized spacial score (nSPS) is 11.1. The fourth-order valence-corrected chi connectivity index (χ4v) is 3.19. The third kappa shape index (κ3) is 5.01. The van der Waals surface area contributed by atoms with Crippen LogP contribution in [0.15, 0.2) is 22.7 Å². The first-order valence-corrected chi connectivity index (χ1v) is 8.27. The number of rotatable bonds is 9. The number of unbranched alkanes of at least 4 members (excludes halogenated alkanes) is 1. The molecule has 2 rings (SSSR count). The lowest BCUT2D eigenvalue weighted by atomic mass is 10.3. The molecule has 0 radical (unpaired) electrons. The number of nitrogens with zero attached hydrogens (tertiary/aromatic N) is 1. The van der Waals surface area contributed by atoms with Gasteiger partial charge >= 0.3 is 0 Å². The summed E-state index contributed by atoms with van der Waals surface area (Å²) in [5, 5.41) is 4.35. The topological polar surface area (TPSA) is 43.4 Å². The zero-order chi connectivity index (χ0) is 14.2. The maximum absolute atomic E-state index is 5.42. The van der Waals surface area contributed by atoms with Crippen LogP contribution in [0.4, 0.5) is 5.13 Å². The van der Waals surface area contributed by atoms with Crippen LogP contribution in [0.2, 0.25) is 0 Å². The maximum atomic E-state index is 5.42. The van der Waals surface area contributed by atoms with E-state index in [0.29, 0.717) is 13.2 Å². The smallest absolute Gasteiger partial charge is 0.183 e. The van der Waals surface area contributed by atoms with E-state index in [1.165, 1.54) is 4.70 Å². The summed E-state index contributed by atoms with van der Waals surface area (Å²) in [7, 11) is 1.68. The molecule has 20 heavy (non-hydrogen) atoms. The number of benzene rings is 1. The van der Waals surface area contributed by atoms with E-state index in [-0.39, 0.29) is 0 Å². The minimum absolute atomic E-state index is 0.666. The van der Waals surface area contributed by atoms with Crippen molar-refractivity contribution in [1.29, 1.82) is 0 Å². The van der Waals surface area contributed by atoms with E-state index in [1.54, 1.807) is 18.4 Å². The largest absolute Gasteiger partial charge is 0.382 e. The molecule has 0 aliphatic rings. The van der Waals surface area contributed by atoms with Crippen LogP contribution in [0.1, 0.15) is 12.8 Å². The minimum Gasteiger partial charge on any atom is -0.382 e. The fourth-order valence-electron chi connectivity index (χ4n) is 1.74. The van der Waals surface area contributed by atoms with Crippen LogP contribution in [0.3, 0.4) is 0 Å². The summed E-state index contributed by atoms with van der Waals surface area (Å²) in [6.07, 6.45) is 2.12. The number of hydrogen-bond acceptors (Lipinski definition) is 5. The van der Waals surface area contributed by atoms with Crippen LogP contribution in [-0.4, -0.2) is 38.5 Å². The van der Waals surface area contributed by atoms with Gasteiger partial charge in [-0.3, -0.25) is 0 Å². The van der Waals surface area contributed by atoms with Gasteiger partial charge in [-0.1, -0.05) is 27.3 Å². The molecular formula is C14H19BrN2O2S. The molecule has 0 amide bonds. The third-order valence-electron chi connectivity index (χ3n) is 2.77. The average molecular weight is 359 g/mol. The van der Waals surface area contributed by atoms with Crippen LogP contribution in [0, 0.1) is 0 Å². The summed E-state index contributed by atoms with van der Waals surface area (Å²) in [6.45, 7) is 3.06. The molecule has 0 atom stereocenters. The quantitative estimate of drug-likeness (QED) is 0.690. The van der Waals surface area contributed by atoms with Crippen molar-refractivity contribution in [2.75, 3.05) is 38.8 Å². The van der Waals surface area contributed by atoms with E-state index >= 15 is 0 Å². The molecule has 0 unspecified atom stereocenters. The highest BCUT2D eigenvalue weighted by Crippen LogP contribution is 2.28. The van der Waals surface area contributed by atoms with E-state index in [0.717, 1.165) is 41.1 Å². The van der Waals surface area contributed by atoms with Crippen molar-refractivity contribution in [3.05, 3.63) is 22.7 Å². The highest BCUT2D eigenvalue weighted by molar-refractivity contribution is 9.10. The molecule has 0 bridgehead atoms. The van der Waals surface area contributed by atoms with Crippen molar-refractivity contribution >= 4 is 42.6 Å². The Labute approximate surface area is 131 Å². The Balaban J connectivity index is 1.65.